The van der Waals surface area contributed by atoms with Gasteiger partial charge in [-0.15, -0.1) is 11.3 Å². The molecule has 1 heterocycles. The van der Waals surface area contributed by atoms with E-state index in [4.69, 9.17) is 4.74 Å². The van der Waals surface area contributed by atoms with Crippen LogP contribution in [0, 0.1) is 5.41 Å². The zero-order valence-electron chi connectivity index (χ0n) is 10.2. The third-order valence-corrected chi connectivity index (χ3v) is 4.76. The molecule has 0 saturated heterocycles. The normalized spacial score (nSPS) is 13.9. The molecule has 1 unspecified atom stereocenters. The lowest BCUT2D eigenvalue weighted by Gasteiger charge is -2.25. The Morgan fingerprint density at radius 1 is 1.50 bits per heavy atom. The van der Waals surface area contributed by atoms with Gasteiger partial charge in [-0.3, -0.25) is 9.59 Å². The second-order valence-electron chi connectivity index (χ2n) is 3.83. The maximum absolute atomic E-state index is 12.0. The van der Waals surface area contributed by atoms with Gasteiger partial charge in [-0.1, -0.05) is 6.92 Å². The molecule has 0 fully saturated rings. The van der Waals surface area contributed by atoms with E-state index in [0.29, 0.717) is 0 Å². The molecule has 4 nitrogen and oxygen atoms in total. The number of aliphatic carboxylic acids is 1. The maximum atomic E-state index is 12.0. The van der Waals surface area contributed by atoms with Gasteiger partial charge in [0.1, 0.15) is 0 Å². The average Bonchev–Trinajstić information content (AvgIpc) is 2.71. The molecular formula is C12H15BrO4S. The molecule has 1 rings (SSSR count). The molecule has 0 radical (unpaired) electrons. The average molecular weight is 335 g/mol. The molecule has 1 aromatic heterocycles. The summed E-state index contributed by atoms with van der Waals surface area (Å²) in [5.41, 5.74) is -1.50. The van der Waals surface area contributed by atoms with Crippen LogP contribution in [0.4, 0.5) is 0 Å². The Hall–Kier alpha value is -0.880. The Morgan fingerprint density at radius 3 is 2.56 bits per heavy atom. The van der Waals surface area contributed by atoms with E-state index in [-0.39, 0.29) is 19.4 Å². The number of carbonyl (C=O) groups excluding carboxylic acids is 1. The third kappa shape index (κ3) is 2.92. The topological polar surface area (TPSA) is 63.6 Å². The third-order valence-electron chi connectivity index (χ3n) is 2.83. The predicted octanol–water partition coefficient (Wildman–Crippen LogP) is 3.10. The highest BCUT2D eigenvalue weighted by molar-refractivity contribution is 9.10. The molecule has 0 bridgehead atoms. The summed E-state index contributed by atoms with van der Waals surface area (Å²) in [6.07, 6.45) is 0.349. The quantitative estimate of drug-likeness (QED) is 0.641. The minimum atomic E-state index is -1.50. The first-order valence-electron chi connectivity index (χ1n) is 5.60. The molecule has 0 saturated carbocycles. The lowest BCUT2D eigenvalue weighted by atomic mass is 9.81. The molecule has 0 aliphatic carbocycles. The van der Waals surface area contributed by atoms with E-state index in [1.165, 1.54) is 11.3 Å². The van der Waals surface area contributed by atoms with Gasteiger partial charge < -0.3 is 9.84 Å². The standard InChI is InChI=1S/C12H15BrO4S/c1-3-12(10(14)15,11(16)17-4-2)7-9-8(13)5-6-18-9/h5-6H,3-4,7H2,1-2H3,(H,14,15). The largest absolute Gasteiger partial charge is 0.480 e. The van der Waals surface area contributed by atoms with Crippen molar-refractivity contribution in [2.24, 2.45) is 5.41 Å². The van der Waals surface area contributed by atoms with E-state index in [1.54, 1.807) is 13.8 Å². The SMILES string of the molecule is CCOC(=O)C(CC)(Cc1sccc1Br)C(=O)O. The first-order chi connectivity index (χ1) is 8.47. The van der Waals surface area contributed by atoms with Crippen LogP contribution >= 0.6 is 27.3 Å². The summed E-state index contributed by atoms with van der Waals surface area (Å²) in [6, 6.07) is 1.84. The van der Waals surface area contributed by atoms with Crippen molar-refractivity contribution in [2.45, 2.75) is 26.7 Å². The van der Waals surface area contributed by atoms with Crippen LogP contribution in [-0.4, -0.2) is 23.7 Å². The van der Waals surface area contributed by atoms with E-state index >= 15 is 0 Å². The van der Waals surface area contributed by atoms with Gasteiger partial charge in [0.2, 0.25) is 0 Å². The van der Waals surface area contributed by atoms with Crippen molar-refractivity contribution in [1.82, 2.24) is 0 Å². The second-order valence-corrected chi connectivity index (χ2v) is 5.68. The molecular weight excluding hydrogens is 320 g/mol. The van der Waals surface area contributed by atoms with Gasteiger partial charge in [0, 0.05) is 15.8 Å². The number of carbonyl (C=O) groups is 2. The highest BCUT2D eigenvalue weighted by Gasteiger charge is 2.46. The molecule has 1 aromatic rings. The minimum absolute atomic E-state index is 0.149. The van der Waals surface area contributed by atoms with E-state index in [2.05, 4.69) is 15.9 Å². The number of rotatable bonds is 6. The first-order valence-corrected chi connectivity index (χ1v) is 7.27. The smallest absolute Gasteiger partial charge is 0.323 e. The summed E-state index contributed by atoms with van der Waals surface area (Å²) in [7, 11) is 0. The number of halogens is 1. The fourth-order valence-electron chi connectivity index (χ4n) is 1.65. The monoisotopic (exact) mass is 334 g/mol. The number of carboxylic acid groups (broad SMARTS) is 1. The lowest BCUT2D eigenvalue weighted by molar-refractivity contribution is -0.168. The number of ether oxygens (including phenoxy) is 1. The van der Waals surface area contributed by atoms with Gasteiger partial charge >= 0.3 is 11.9 Å². The van der Waals surface area contributed by atoms with Gasteiger partial charge in [0.15, 0.2) is 5.41 Å². The summed E-state index contributed by atoms with van der Waals surface area (Å²) < 4.78 is 5.75. The van der Waals surface area contributed by atoms with Gasteiger partial charge in [-0.2, -0.15) is 0 Å². The molecule has 0 aromatic carbocycles. The highest BCUT2D eigenvalue weighted by Crippen LogP contribution is 2.34. The fourth-order valence-corrected chi connectivity index (χ4v) is 3.26. The number of esters is 1. The van der Waals surface area contributed by atoms with Gasteiger partial charge in [0.05, 0.1) is 6.61 Å². The van der Waals surface area contributed by atoms with Gasteiger partial charge in [0.25, 0.3) is 0 Å². The van der Waals surface area contributed by atoms with Crippen molar-refractivity contribution in [3.63, 3.8) is 0 Å². The van der Waals surface area contributed by atoms with Crippen molar-refractivity contribution in [1.29, 1.82) is 0 Å². The molecule has 0 aliphatic heterocycles. The van der Waals surface area contributed by atoms with Crippen molar-refractivity contribution >= 4 is 39.2 Å². The number of carboxylic acids is 1. The van der Waals surface area contributed by atoms with Crippen molar-refractivity contribution < 1.29 is 19.4 Å². The molecule has 0 spiro atoms. The van der Waals surface area contributed by atoms with Gasteiger partial charge in [-0.25, -0.2) is 0 Å². The van der Waals surface area contributed by atoms with Crippen molar-refractivity contribution in [3.8, 4) is 0 Å². The Balaban J connectivity index is 3.08. The Bertz CT molecular complexity index is 443. The van der Waals surface area contributed by atoms with Crippen LogP contribution in [-0.2, 0) is 20.7 Å². The molecule has 18 heavy (non-hydrogen) atoms. The molecule has 0 amide bonds. The second kappa shape index (κ2) is 6.33. The van der Waals surface area contributed by atoms with Crippen LogP contribution < -0.4 is 0 Å². The molecule has 0 aliphatic rings. The summed E-state index contributed by atoms with van der Waals surface area (Å²) in [5.74, 6) is -1.80. The van der Waals surface area contributed by atoms with E-state index in [0.717, 1.165) is 9.35 Å². The Morgan fingerprint density at radius 2 is 2.17 bits per heavy atom. The van der Waals surface area contributed by atoms with Crippen molar-refractivity contribution in [2.75, 3.05) is 6.61 Å². The number of thiophene rings is 1. The first kappa shape index (κ1) is 15.2. The molecule has 6 heteroatoms. The number of hydrogen-bond acceptors (Lipinski definition) is 4. The molecule has 100 valence electrons. The Kier molecular flexibility index (Phi) is 5.34. The molecule has 1 N–H and O–H groups in total. The number of hydrogen-bond donors (Lipinski definition) is 1. The fraction of sp³-hybridized carbons (Fsp3) is 0.500. The lowest BCUT2D eigenvalue weighted by Crippen LogP contribution is -2.42. The van der Waals surface area contributed by atoms with Gasteiger partial charge in [-0.05, 0) is 40.7 Å². The Labute approximate surface area is 118 Å². The predicted molar refractivity (Wildman–Crippen MR) is 72.7 cm³/mol. The van der Waals surface area contributed by atoms with E-state index in [9.17, 15) is 14.7 Å². The zero-order chi connectivity index (χ0) is 13.8. The zero-order valence-corrected chi connectivity index (χ0v) is 12.6. The maximum Gasteiger partial charge on any atom is 0.323 e. The van der Waals surface area contributed by atoms with Crippen LogP contribution in [0.3, 0.4) is 0 Å². The van der Waals surface area contributed by atoms with Crippen LogP contribution in [0.15, 0.2) is 15.9 Å². The highest BCUT2D eigenvalue weighted by atomic mass is 79.9. The van der Waals surface area contributed by atoms with E-state index < -0.39 is 17.4 Å². The minimum Gasteiger partial charge on any atom is -0.480 e. The van der Waals surface area contributed by atoms with Crippen LogP contribution in [0.2, 0.25) is 0 Å². The summed E-state index contributed by atoms with van der Waals surface area (Å²) in [4.78, 5) is 24.3. The summed E-state index contributed by atoms with van der Waals surface area (Å²) >= 11 is 4.78. The molecule has 1 atom stereocenters. The van der Waals surface area contributed by atoms with Crippen LogP contribution in [0.1, 0.15) is 25.1 Å². The van der Waals surface area contributed by atoms with Crippen molar-refractivity contribution in [3.05, 3.63) is 20.8 Å². The summed E-state index contributed by atoms with van der Waals surface area (Å²) in [5, 5.41) is 11.3. The van der Waals surface area contributed by atoms with Crippen LogP contribution in [0.25, 0.3) is 0 Å². The van der Waals surface area contributed by atoms with E-state index in [1.807, 2.05) is 11.4 Å². The van der Waals surface area contributed by atoms with Crippen LogP contribution in [0.5, 0.6) is 0 Å². The summed E-state index contributed by atoms with van der Waals surface area (Å²) in [6.45, 7) is 3.53.